The van der Waals surface area contributed by atoms with Gasteiger partial charge in [-0.15, -0.1) is 10.2 Å². The van der Waals surface area contributed by atoms with Crippen molar-refractivity contribution in [3.05, 3.63) is 83.6 Å². The van der Waals surface area contributed by atoms with Gasteiger partial charge in [0.25, 0.3) is 5.91 Å². The lowest BCUT2D eigenvalue weighted by atomic mass is 9.97. The highest BCUT2D eigenvalue weighted by molar-refractivity contribution is 5.94. The number of carbonyl (C=O) groups is 1. The number of hydrogen-bond acceptors (Lipinski definition) is 5. The molecule has 2 aromatic heterocycles. The first-order valence-electron chi connectivity index (χ1n) is 8.92. The van der Waals surface area contributed by atoms with Crippen LogP contribution in [0.1, 0.15) is 27.6 Å². The monoisotopic (exact) mass is 373 g/mol. The zero-order chi connectivity index (χ0) is 19.5. The molecule has 0 aliphatic heterocycles. The van der Waals surface area contributed by atoms with Crippen molar-refractivity contribution in [1.29, 1.82) is 0 Å². The van der Waals surface area contributed by atoms with E-state index in [1.807, 2.05) is 55.5 Å². The van der Waals surface area contributed by atoms with Gasteiger partial charge >= 0.3 is 0 Å². The van der Waals surface area contributed by atoms with Gasteiger partial charge in [-0.1, -0.05) is 18.2 Å². The molecule has 2 aromatic carbocycles. The highest BCUT2D eigenvalue weighted by Gasteiger charge is 2.11. The number of nitrogens with zero attached hydrogens (tertiary/aromatic N) is 2. The Morgan fingerprint density at radius 2 is 1.79 bits per heavy atom. The molecule has 0 fully saturated rings. The topological polar surface area (TPSA) is 81.2 Å². The Morgan fingerprint density at radius 3 is 2.46 bits per heavy atom. The van der Waals surface area contributed by atoms with Crippen LogP contribution in [-0.4, -0.2) is 16.1 Å². The third-order valence-corrected chi connectivity index (χ3v) is 4.47. The van der Waals surface area contributed by atoms with Crippen molar-refractivity contribution in [3.63, 3.8) is 0 Å². The Balaban J connectivity index is 1.54. The molecule has 1 amide bonds. The van der Waals surface area contributed by atoms with Crippen molar-refractivity contribution in [2.24, 2.45) is 0 Å². The summed E-state index contributed by atoms with van der Waals surface area (Å²) in [6, 6.07) is 17.1. The normalized spacial score (nSPS) is 10.8. The third-order valence-electron chi connectivity index (χ3n) is 4.47. The molecule has 0 bridgehead atoms. The molecular weight excluding hydrogens is 354 g/mol. The standard InChI is InChI=1S/C22H19N3O3/c1-14-5-6-18(22-25-24-15(2)28-22)12-20(14)16-7-9-17(10-8-16)21(26)23-13-19-4-3-11-27-19/h3-12H,13H2,1-2H3,(H,23,26). The second-order valence-electron chi connectivity index (χ2n) is 6.50. The number of carbonyl (C=O) groups excluding carboxylic acids is 1. The van der Waals surface area contributed by atoms with Crippen molar-refractivity contribution in [2.45, 2.75) is 20.4 Å². The number of nitrogens with one attached hydrogen (secondary N) is 1. The molecule has 6 heteroatoms. The van der Waals surface area contributed by atoms with Crippen LogP contribution in [0.25, 0.3) is 22.6 Å². The van der Waals surface area contributed by atoms with E-state index in [1.54, 1.807) is 19.3 Å². The first-order valence-corrected chi connectivity index (χ1v) is 8.92. The van der Waals surface area contributed by atoms with Crippen LogP contribution in [0.4, 0.5) is 0 Å². The molecule has 4 rings (SSSR count). The van der Waals surface area contributed by atoms with Crippen molar-refractivity contribution in [3.8, 4) is 22.6 Å². The van der Waals surface area contributed by atoms with E-state index < -0.39 is 0 Å². The van der Waals surface area contributed by atoms with E-state index in [9.17, 15) is 4.79 Å². The van der Waals surface area contributed by atoms with Gasteiger partial charge in [-0.3, -0.25) is 4.79 Å². The van der Waals surface area contributed by atoms with Gasteiger partial charge < -0.3 is 14.2 Å². The predicted octanol–water partition coefficient (Wildman–Crippen LogP) is 4.54. The van der Waals surface area contributed by atoms with Crippen molar-refractivity contribution < 1.29 is 13.6 Å². The average Bonchev–Trinajstić information content (AvgIpc) is 3.38. The van der Waals surface area contributed by atoms with Crippen LogP contribution in [-0.2, 0) is 6.54 Å². The summed E-state index contributed by atoms with van der Waals surface area (Å²) in [7, 11) is 0. The molecule has 6 nitrogen and oxygen atoms in total. The molecule has 0 radical (unpaired) electrons. The van der Waals surface area contributed by atoms with Crippen LogP contribution in [0.2, 0.25) is 0 Å². The minimum atomic E-state index is -0.144. The van der Waals surface area contributed by atoms with E-state index in [0.29, 0.717) is 29.6 Å². The van der Waals surface area contributed by atoms with Gasteiger partial charge in [0.05, 0.1) is 12.8 Å². The van der Waals surface area contributed by atoms with Gasteiger partial charge in [-0.05, 0) is 60.0 Å². The van der Waals surface area contributed by atoms with E-state index in [2.05, 4.69) is 15.5 Å². The fourth-order valence-electron chi connectivity index (χ4n) is 2.96. The zero-order valence-corrected chi connectivity index (χ0v) is 15.6. The lowest BCUT2D eigenvalue weighted by Crippen LogP contribution is -2.22. The van der Waals surface area contributed by atoms with Gasteiger partial charge in [0.2, 0.25) is 11.8 Å². The summed E-state index contributed by atoms with van der Waals surface area (Å²) >= 11 is 0. The zero-order valence-electron chi connectivity index (χ0n) is 15.6. The quantitative estimate of drug-likeness (QED) is 0.555. The Hall–Kier alpha value is -3.67. The third kappa shape index (κ3) is 3.71. The number of amides is 1. The number of hydrogen-bond donors (Lipinski definition) is 1. The first kappa shape index (κ1) is 17.7. The van der Waals surface area contributed by atoms with Crippen molar-refractivity contribution >= 4 is 5.91 Å². The molecule has 28 heavy (non-hydrogen) atoms. The average molecular weight is 373 g/mol. The fraction of sp³-hybridized carbons (Fsp3) is 0.136. The highest BCUT2D eigenvalue weighted by Crippen LogP contribution is 2.29. The van der Waals surface area contributed by atoms with Crippen LogP contribution < -0.4 is 5.32 Å². The summed E-state index contributed by atoms with van der Waals surface area (Å²) in [4.78, 5) is 12.3. The Bertz CT molecular complexity index is 1100. The van der Waals surface area contributed by atoms with Gasteiger partial charge in [-0.25, -0.2) is 0 Å². The molecule has 0 saturated heterocycles. The van der Waals surface area contributed by atoms with E-state index in [1.165, 1.54) is 0 Å². The van der Waals surface area contributed by atoms with Gasteiger partial charge in [0, 0.05) is 18.1 Å². The molecule has 0 unspecified atom stereocenters. The molecule has 140 valence electrons. The molecule has 0 saturated carbocycles. The Labute approximate surface area is 162 Å². The SMILES string of the molecule is Cc1nnc(-c2ccc(C)c(-c3ccc(C(=O)NCc4ccco4)cc3)c2)o1. The minimum absolute atomic E-state index is 0.144. The van der Waals surface area contributed by atoms with Crippen LogP contribution in [0.3, 0.4) is 0 Å². The van der Waals surface area contributed by atoms with Crippen molar-refractivity contribution in [2.75, 3.05) is 0 Å². The maximum Gasteiger partial charge on any atom is 0.251 e. The summed E-state index contributed by atoms with van der Waals surface area (Å²) in [5, 5.41) is 10.8. The summed E-state index contributed by atoms with van der Waals surface area (Å²) in [5.41, 5.74) is 4.64. The lowest BCUT2D eigenvalue weighted by Gasteiger charge is -2.09. The number of aromatic nitrogens is 2. The van der Waals surface area contributed by atoms with Crippen LogP contribution in [0, 0.1) is 13.8 Å². The largest absolute Gasteiger partial charge is 0.467 e. The van der Waals surface area contributed by atoms with Gasteiger partial charge in [0.1, 0.15) is 5.76 Å². The predicted molar refractivity (Wildman–Crippen MR) is 105 cm³/mol. The molecule has 0 aliphatic carbocycles. The van der Waals surface area contributed by atoms with Crippen molar-refractivity contribution in [1.82, 2.24) is 15.5 Å². The van der Waals surface area contributed by atoms with E-state index in [-0.39, 0.29) is 5.91 Å². The fourth-order valence-corrected chi connectivity index (χ4v) is 2.96. The maximum absolute atomic E-state index is 12.3. The first-order chi connectivity index (χ1) is 13.6. The van der Waals surface area contributed by atoms with Crippen LogP contribution in [0.15, 0.2) is 69.7 Å². The van der Waals surface area contributed by atoms with Gasteiger partial charge in [-0.2, -0.15) is 0 Å². The summed E-state index contributed by atoms with van der Waals surface area (Å²) in [5.74, 6) is 1.60. The maximum atomic E-state index is 12.3. The second kappa shape index (κ2) is 7.52. The molecule has 0 spiro atoms. The molecule has 0 atom stereocenters. The van der Waals surface area contributed by atoms with E-state index in [0.717, 1.165) is 22.3 Å². The molecule has 0 aliphatic rings. The minimum Gasteiger partial charge on any atom is -0.467 e. The molecule has 2 heterocycles. The number of furan rings is 1. The second-order valence-corrected chi connectivity index (χ2v) is 6.50. The molecule has 1 N–H and O–H groups in total. The number of benzene rings is 2. The highest BCUT2D eigenvalue weighted by atomic mass is 16.4. The molecule has 4 aromatic rings. The van der Waals surface area contributed by atoms with Crippen LogP contribution in [0.5, 0.6) is 0 Å². The van der Waals surface area contributed by atoms with Crippen LogP contribution >= 0.6 is 0 Å². The number of rotatable bonds is 5. The summed E-state index contributed by atoms with van der Waals surface area (Å²) in [6.45, 7) is 4.17. The van der Waals surface area contributed by atoms with E-state index >= 15 is 0 Å². The molecular formula is C22H19N3O3. The van der Waals surface area contributed by atoms with Gasteiger partial charge in [0.15, 0.2) is 0 Å². The van der Waals surface area contributed by atoms with E-state index in [4.69, 9.17) is 8.83 Å². The smallest absolute Gasteiger partial charge is 0.251 e. The Morgan fingerprint density at radius 1 is 1.00 bits per heavy atom. The lowest BCUT2D eigenvalue weighted by molar-refractivity contribution is 0.0948. The Kier molecular flexibility index (Phi) is 4.76. The number of aryl methyl sites for hydroxylation is 2. The summed E-state index contributed by atoms with van der Waals surface area (Å²) < 4.78 is 10.8. The summed E-state index contributed by atoms with van der Waals surface area (Å²) in [6.07, 6.45) is 1.59.